The minimum atomic E-state index is -0.683. The molecule has 4 aromatic heterocycles. The van der Waals surface area contributed by atoms with Gasteiger partial charge in [0, 0.05) is 30.5 Å². The maximum Gasteiger partial charge on any atom is 0.434 e. The Morgan fingerprint density at radius 1 is 1.09 bits per heavy atom. The molecule has 5 heterocycles. The lowest BCUT2D eigenvalue weighted by Gasteiger charge is -2.37. The molecule has 0 bridgehead atoms. The van der Waals surface area contributed by atoms with Crippen LogP contribution in [0.4, 0.5) is 5.95 Å². The summed E-state index contributed by atoms with van der Waals surface area (Å²) >= 11 is 6.47. The van der Waals surface area contributed by atoms with E-state index in [0.29, 0.717) is 42.0 Å². The van der Waals surface area contributed by atoms with Crippen molar-refractivity contribution < 1.29 is 9.15 Å². The van der Waals surface area contributed by atoms with Crippen molar-refractivity contribution in [2.45, 2.75) is 52.1 Å². The number of morpholine rings is 1. The van der Waals surface area contributed by atoms with Gasteiger partial charge in [0.2, 0.25) is 11.8 Å². The Labute approximate surface area is 253 Å². The Morgan fingerprint density at radius 3 is 2.67 bits per heavy atom. The summed E-state index contributed by atoms with van der Waals surface area (Å²) in [5, 5.41) is 6.81. The van der Waals surface area contributed by atoms with E-state index in [2.05, 4.69) is 55.8 Å². The first-order valence-electron chi connectivity index (χ1n) is 14.8. The molecule has 2 fully saturated rings. The summed E-state index contributed by atoms with van der Waals surface area (Å²) in [4.78, 5) is 33.6. The quantitative estimate of drug-likeness (QED) is 0.265. The van der Waals surface area contributed by atoms with E-state index >= 15 is 0 Å². The monoisotopic (exact) mass is 600 g/mol. The van der Waals surface area contributed by atoms with Crippen LogP contribution in [0.5, 0.6) is 0 Å². The molecule has 0 amide bonds. The molecule has 0 radical (unpaired) electrons. The number of rotatable bonds is 6. The molecule has 5 aromatic rings. The lowest BCUT2D eigenvalue weighted by atomic mass is 9.83. The van der Waals surface area contributed by atoms with Crippen molar-refractivity contribution in [1.82, 2.24) is 34.7 Å². The number of ether oxygens (including phenoxy) is 1. The fourth-order valence-corrected chi connectivity index (χ4v) is 6.50. The fraction of sp³-hybridized carbons (Fsp3) is 0.419. The number of pyridine rings is 1. The first-order chi connectivity index (χ1) is 20.9. The first-order valence-corrected chi connectivity index (χ1v) is 15.2. The highest BCUT2D eigenvalue weighted by Crippen LogP contribution is 2.39. The van der Waals surface area contributed by atoms with Crippen molar-refractivity contribution in [3.63, 3.8) is 0 Å². The average molecular weight is 601 g/mol. The van der Waals surface area contributed by atoms with Crippen molar-refractivity contribution in [1.29, 1.82) is 0 Å². The zero-order valence-electron chi connectivity index (χ0n) is 24.2. The minimum absolute atomic E-state index is 0.00769. The third kappa shape index (κ3) is 5.43. The summed E-state index contributed by atoms with van der Waals surface area (Å²) in [5.74, 6) is 1.50. The van der Waals surface area contributed by atoms with E-state index in [1.54, 1.807) is 6.20 Å². The van der Waals surface area contributed by atoms with Gasteiger partial charge in [-0.25, -0.2) is 19.9 Å². The molecule has 1 saturated heterocycles. The number of nitrogens with zero attached hydrogens (tertiary/aromatic N) is 7. The zero-order valence-corrected chi connectivity index (χ0v) is 24.9. The van der Waals surface area contributed by atoms with Crippen molar-refractivity contribution in [2.75, 3.05) is 24.7 Å². The number of aryl methyl sites for hydroxylation is 1. The van der Waals surface area contributed by atoms with Gasteiger partial charge in [-0.1, -0.05) is 61.7 Å². The van der Waals surface area contributed by atoms with Crippen LogP contribution in [0, 0.1) is 18.8 Å². The topological polar surface area (TPSA) is 128 Å². The highest BCUT2D eigenvalue weighted by Gasteiger charge is 2.32. The van der Waals surface area contributed by atoms with Crippen LogP contribution in [0.25, 0.3) is 34.1 Å². The van der Waals surface area contributed by atoms with Gasteiger partial charge >= 0.3 is 5.76 Å². The first kappa shape index (κ1) is 27.7. The van der Waals surface area contributed by atoms with Crippen LogP contribution in [0.1, 0.15) is 49.9 Å². The molecule has 222 valence electrons. The number of aromatic amines is 1. The number of anilines is 1. The number of aromatic nitrogens is 7. The van der Waals surface area contributed by atoms with E-state index in [4.69, 9.17) is 35.7 Å². The molecule has 1 saturated carbocycles. The van der Waals surface area contributed by atoms with E-state index in [1.807, 2.05) is 19.1 Å². The number of benzene rings is 1. The Bertz CT molecular complexity index is 1810. The smallest absolute Gasteiger partial charge is 0.384 e. The highest BCUT2D eigenvalue weighted by molar-refractivity contribution is 6.30. The number of H-pyrrole nitrogens is 1. The fourth-order valence-electron chi connectivity index (χ4n) is 6.34. The predicted molar refractivity (Wildman–Crippen MR) is 163 cm³/mol. The normalized spacial score (nSPS) is 21.0. The summed E-state index contributed by atoms with van der Waals surface area (Å²) in [7, 11) is 0. The van der Waals surface area contributed by atoms with Crippen molar-refractivity contribution in [3.05, 3.63) is 69.4 Å². The summed E-state index contributed by atoms with van der Waals surface area (Å²) in [6.07, 6.45) is 6.34. The standard InChI is InChI=1S/C31H33ClN8O3/c1-18-8-10-20(11-9-18)16-40-26-25(23-14-22(32)15-33-19(23)2)34-28(29-37-38-31(41)43-29)35-27(26)36-30(40)39-12-13-42-17-24(39)21-6-4-3-5-7-21/h3-7,14-15,18,20,24H,8-13,16-17H2,1-2H3,(H,38,41)/t18?,20?,24-/m0/s1. The highest BCUT2D eigenvalue weighted by atomic mass is 35.5. The molecule has 11 nitrogen and oxygen atoms in total. The van der Waals surface area contributed by atoms with Gasteiger partial charge in [0.25, 0.3) is 5.89 Å². The summed E-state index contributed by atoms with van der Waals surface area (Å²) in [5.41, 5.74) is 4.57. The molecular formula is C31H33ClN8O3. The van der Waals surface area contributed by atoms with E-state index in [0.717, 1.165) is 53.6 Å². The SMILES string of the molecule is Cc1ncc(Cl)cc1-c1nc(-c2n[nH]c(=O)o2)nc2nc(N3CCOC[C@H]3c3ccccc3)n(CC3CCC(C)CC3)c12. The van der Waals surface area contributed by atoms with Gasteiger partial charge in [0.15, 0.2) is 5.65 Å². The van der Waals surface area contributed by atoms with Crippen molar-refractivity contribution in [3.8, 4) is 23.0 Å². The number of halogens is 1. The van der Waals surface area contributed by atoms with Crippen LogP contribution in [0.3, 0.4) is 0 Å². The maximum absolute atomic E-state index is 11.9. The molecule has 1 aromatic carbocycles. The number of fused-ring (bicyclic) bond motifs is 1. The van der Waals surface area contributed by atoms with Crippen LogP contribution in [0.15, 0.2) is 51.8 Å². The van der Waals surface area contributed by atoms with Crippen LogP contribution in [-0.4, -0.2) is 54.5 Å². The summed E-state index contributed by atoms with van der Waals surface area (Å²) in [6.45, 7) is 6.85. The van der Waals surface area contributed by atoms with Crippen LogP contribution in [-0.2, 0) is 11.3 Å². The number of hydrogen-bond donors (Lipinski definition) is 1. The Balaban J connectivity index is 1.47. The van der Waals surface area contributed by atoms with E-state index in [-0.39, 0.29) is 17.8 Å². The van der Waals surface area contributed by atoms with E-state index in [9.17, 15) is 4.79 Å². The number of hydrogen-bond acceptors (Lipinski definition) is 9. The van der Waals surface area contributed by atoms with Crippen LogP contribution in [0.2, 0.25) is 5.02 Å². The van der Waals surface area contributed by atoms with Crippen LogP contribution >= 0.6 is 11.6 Å². The lowest BCUT2D eigenvalue weighted by molar-refractivity contribution is 0.0927. The number of imidazole rings is 1. The van der Waals surface area contributed by atoms with Gasteiger partial charge in [-0.2, -0.15) is 4.98 Å². The molecule has 1 N–H and O–H groups in total. The molecule has 12 heteroatoms. The molecule has 43 heavy (non-hydrogen) atoms. The summed E-state index contributed by atoms with van der Waals surface area (Å²) < 4.78 is 13.5. The second-order valence-electron chi connectivity index (χ2n) is 11.6. The van der Waals surface area contributed by atoms with Gasteiger partial charge in [-0.3, -0.25) is 4.98 Å². The second-order valence-corrected chi connectivity index (χ2v) is 12.1. The molecule has 2 aliphatic rings. The van der Waals surface area contributed by atoms with E-state index in [1.165, 1.54) is 12.8 Å². The minimum Gasteiger partial charge on any atom is -0.384 e. The van der Waals surface area contributed by atoms with Gasteiger partial charge in [0.1, 0.15) is 11.2 Å². The molecule has 0 spiro atoms. The Morgan fingerprint density at radius 2 is 1.91 bits per heavy atom. The van der Waals surface area contributed by atoms with Gasteiger partial charge < -0.3 is 18.6 Å². The Kier molecular flexibility index (Phi) is 7.44. The maximum atomic E-state index is 11.9. The molecule has 7 rings (SSSR count). The van der Waals surface area contributed by atoms with Crippen LogP contribution < -0.4 is 10.7 Å². The summed E-state index contributed by atoms with van der Waals surface area (Å²) in [6, 6.07) is 12.2. The molecule has 0 unspecified atom stereocenters. The largest absolute Gasteiger partial charge is 0.434 e. The predicted octanol–water partition coefficient (Wildman–Crippen LogP) is 5.60. The van der Waals surface area contributed by atoms with Gasteiger partial charge in [-0.15, -0.1) is 5.10 Å². The molecule has 1 aliphatic heterocycles. The lowest BCUT2D eigenvalue weighted by Crippen LogP contribution is -2.41. The molecule has 1 atom stereocenters. The van der Waals surface area contributed by atoms with Gasteiger partial charge in [0.05, 0.1) is 24.3 Å². The average Bonchev–Trinajstić information content (AvgIpc) is 3.63. The third-order valence-corrected chi connectivity index (χ3v) is 8.87. The molecule has 1 aliphatic carbocycles. The molecular weight excluding hydrogens is 568 g/mol. The van der Waals surface area contributed by atoms with Crippen molar-refractivity contribution in [2.24, 2.45) is 11.8 Å². The second kappa shape index (κ2) is 11.5. The third-order valence-electron chi connectivity index (χ3n) is 8.67. The zero-order chi connectivity index (χ0) is 29.5. The number of nitrogens with one attached hydrogen (secondary N) is 1. The van der Waals surface area contributed by atoms with E-state index < -0.39 is 5.76 Å². The van der Waals surface area contributed by atoms with Gasteiger partial charge in [-0.05, 0) is 43.2 Å². The van der Waals surface area contributed by atoms with Crippen molar-refractivity contribution >= 4 is 28.7 Å². The Hall–Kier alpha value is -4.09.